The van der Waals surface area contributed by atoms with E-state index in [2.05, 4.69) is 9.98 Å². The van der Waals surface area contributed by atoms with E-state index in [4.69, 9.17) is 16.0 Å². The molecule has 0 aliphatic rings. The van der Waals surface area contributed by atoms with Gasteiger partial charge in [-0.05, 0) is 41.8 Å². The van der Waals surface area contributed by atoms with Gasteiger partial charge in [-0.15, -0.1) is 0 Å². The minimum absolute atomic E-state index is 0.243. The maximum absolute atomic E-state index is 11.0. The largest absolute Gasteiger partial charge is 0.502 e. The van der Waals surface area contributed by atoms with Gasteiger partial charge in [0.05, 0.1) is 10.6 Å². The zero-order valence-electron chi connectivity index (χ0n) is 16.4. The molecule has 8 heteroatoms. The molecule has 0 atom stereocenters. The van der Waals surface area contributed by atoms with Gasteiger partial charge in [-0.3, -0.25) is 15.1 Å². The van der Waals surface area contributed by atoms with Gasteiger partial charge in [0, 0.05) is 33.8 Å². The molecule has 0 bridgehead atoms. The molecule has 0 saturated heterocycles. The van der Waals surface area contributed by atoms with E-state index in [1.165, 1.54) is 18.3 Å². The van der Waals surface area contributed by atoms with Crippen LogP contribution in [-0.2, 0) is 0 Å². The number of nitro benzene ring substituents is 1. The number of hydrogen-bond donors (Lipinski definition) is 1. The number of aromatic hydroxyl groups is 1. The molecule has 1 heterocycles. The SMILES string of the molecule is O=[N+]([O-])c1cccc(C=Nc2ccc3oc(-c4cccc5c(Cl)cccc45)nc3c2)c1O. The summed E-state index contributed by atoms with van der Waals surface area (Å²) in [6, 6.07) is 21.0. The number of halogens is 1. The third-order valence-corrected chi connectivity index (χ3v) is 5.40. The lowest BCUT2D eigenvalue weighted by atomic mass is 10.0. The normalized spacial score (nSPS) is 11.5. The molecule has 0 aliphatic carbocycles. The van der Waals surface area contributed by atoms with Gasteiger partial charge in [-0.1, -0.05) is 41.9 Å². The van der Waals surface area contributed by atoms with Crippen LogP contribution in [0.15, 0.2) is 82.2 Å². The number of hydrogen-bond acceptors (Lipinski definition) is 6. The van der Waals surface area contributed by atoms with Crippen LogP contribution in [0.1, 0.15) is 5.56 Å². The topological polar surface area (TPSA) is 102 Å². The first-order chi connectivity index (χ1) is 15.5. The number of aromatic nitrogens is 1. The maximum Gasteiger partial charge on any atom is 0.311 e. The molecular weight excluding hydrogens is 430 g/mol. The van der Waals surface area contributed by atoms with Crippen molar-refractivity contribution in [1.82, 2.24) is 4.98 Å². The Labute approximate surface area is 186 Å². The molecule has 1 N–H and O–H groups in total. The van der Waals surface area contributed by atoms with Crippen LogP contribution in [0, 0.1) is 10.1 Å². The third kappa shape index (κ3) is 3.44. The second-order valence-corrected chi connectivity index (χ2v) is 7.45. The summed E-state index contributed by atoms with van der Waals surface area (Å²) in [7, 11) is 0. The fourth-order valence-corrected chi connectivity index (χ4v) is 3.75. The maximum atomic E-state index is 11.0. The summed E-state index contributed by atoms with van der Waals surface area (Å²) in [6.07, 6.45) is 1.37. The van der Waals surface area contributed by atoms with Gasteiger partial charge < -0.3 is 9.52 Å². The first-order valence-corrected chi connectivity index (χ1v) is 9.98. The van der Waals surface area contributed by atoms with E-state index in [-0.39, 0.29) is 11.3 Å². The lowest BCUT2D eigenvalue weighted by Gasteiger charge is -2.04. The lowest BCUT2D eigenvalue weighted by molar-refractivity contribution is -0.385. The van der Waals surface area contributed by atoms with E-state index in [0.717, 1.165) is 16.3 Å². The van der Waals surface area contributed by atoms with E-state index >= 15 is 0 Å². The Kier molecular flexibility index (Phi) is 4.80. The number of phenols is 1. The fraction of sp³-hybridized carbons (Fsp3) is 0. The summed E-state index contributed by atoms with van der Waals surface area (Å²) in [5.41, 5.74) is 2.46. The first-order valence-electron chi connectivity index (χ1n) is 9.60. The van der Waals surface area contributed by atoms with Gasteiger partial charge >= 0.3 is 5.69 Å². The van der Waals surface area contributed by atoms with Crippen LogP contribution < -0.4 is 0 Å². The molecule has 32 heavy (non-hydrogen) atoms. The molecule has 0 amide bonds. The monoisotopic (exact) mass is 443 g/mol. The second kappa shape index (κ2) is 7.79. The third-order valence-electron chi connectivity index (χ3n) is 5.07. The fourth-order valence-electron chi connectivity index (χ4n) is 3.51. The predicted molar refractivity (Wildman–Crippen MR) is 124 cm³/mol. The number of rotatable bonds is 4. The van der Waals surface area contributed by atoms with Gasteiger partial charge in [-0.2, -0.15) is 0 Å². The zero-order chi connectivity index (χ0) is 22.2. The van der Waals surface area contributed by atoms with Crippen molar-refractivity contribution < 1.29 is 14.4 Å². The van der Waals surface area contributed by atoms with Crippen molar-refractivity contribution in [3.05, 3.63) is 93.5 Å². The van der Waals surface area contributed by atoms with Gasteiger partial charge in [0.15, 0.2) is 5.58 Å². The summed E-state index contributed by atoms with van der Waals surface area (Å²) in [5.74, 6) is 0.0333. The average molecular weight is 444 g/mol. The minimum Gasteiger partial charge on any atom is -0.502 e. The number of phenolic OH excluding ortho intramolecular Hbond substituents is 1. The molecular formula is C24H14ClN3O4. The quantitative estimate of drug-likeness (QED) is 0.190. The number of fused-ring (bicyclic) bond motifs is 2. The van der Waals surface area contributed by atoms with E-state index < -0.39 is 10.7 Å². The molecule has 5 aromatic rings. The number of nitrogens with zero attached hydrogens (tertiary/aromatic N) is 3. The number of para-hydroxylation sites is 1. The summed E-state index contributed by atoms with van der Waals surface area (Å²) >= 11 is 6.32. The minimum atomic E-state index is -0.643. The number of benzene rings is 4. The molecule has 0 saturated carbocycles. The number of nitro groups is 1. The standard InChI is InChI=1S/C24H14ClN3O4/c25-19-8-3-5-16-17(19)6-2-7-18(16)24-27-20-12-15(10-11-22(20)32-24)26-13-14-4-1-9-21(23(14)29)28(30)31/h1-13,29H. The smallest absolute Gasteiger partial charge is 0.311 e. The molecule has 0 aliphatic heterocycles. The van der Waals surface area contributed by atoms with Crippen molar-refractivity contribution in [1.29, 1.82) is 0 Å². The van der Waals surface area contributed by atoms with Crippen molar-refractivity contribution in [2.45, 2.75) is 0 Å². The van der Waals surface area contributed by atoms with E-state index in [1.54, 1.807) is 24.3 Å². The van der Waals surface area contributed by atoms with Crippen LogP contribution in [-0.4, -0.2) is 21.2 Å². The number of oxazole rings is 1. The molecule has 5 rings (SSSR count). The molecule has 156 valence electrons. The van der Waals surface area contributed by atoms with Crippen molar-refractivity contribution >= 4 is 51.1 Å². The predicted octanol–water partition coefficient (Wildman–Crippen LogP) is 6.67. The summed E-state index contributed by atoms with van der Waals surface area (Å²) < 4.78 is 5.96. The summed E-state index contributed by atoms with van der Waals surface area (Å²) in [5, 5.41) is 23.6. The van der Waals surface area contributed by atoms with Gasteiger partial charge in [0.1, 0.15) is 5.52 Å². The molecule has 4 aromatic carbocycles. The van der Waals surface area contributed by atoms with Crippen LogP contribution in [0.4, 0.5) is 11.4 Å². The van der Waals surface area contributed by atoms with E-state index in [9.17, 15) is 15.2 Å². The van der Waals surface area contributed by atoms with Gasteiger partial charge in [0.2, 0.25) is 11.6 Å². The summed E-state index contributed by atoms with van der Waals surface area (Å²) in [6.45, 7) is 0. The molecule has 0 unspecified atom stereocenters. The summed E-state index contributed by atoms with van der Waals surface area (Å²) in [4.78, 5) is 19.3. The highest BCUT2D eigenvalue weighted by molar-refractivity contribution is 6.35. The molecule has 0 fully saturated rings. The molecule has 0 radical (unpaired) electrons. The van der Waals surface area contributed by atoms with Crippen LogP contribution in [0.5, 0.6) is 5.75 Å². The molecule has 1 aromatic heterocycles. The van der Waals surface area contributed by atoms with Crippen molar-refractivity contribution in [3.8, 4) is 17.2 Å². The Hall–Kier alpha value is -4.23. The Morgan fingerprint density at radius 1 is 1.03 bits per heavy atom. The van der Waals surface area contributed by atoms with Crippen LogP contribution >= 0.6 is 11.6 Å². The molecule has 7 nitrogen and oxygen atoms in total. The first kappa shape index (κ1) is 19.7. The van der Waals surface area contributed by atoms with Crippen molar-refractivity contribution in [3.63, 3.8) is 0 Å². The second-order valence-electron chi connectivity index (χ2n) is 7.04. The Morgan fingerprint density at radius 2 is 1.81 bits per heavy atom. The highest BCUT2D eigenvalue weighted by atomic mass is 35.5. The Balaban J connectivity index is 1.52. The van der Waals surface area contributed by atoms with Crippen LogP contribution in [0.25, 0.3) is 33.3 Å². The number of aliphatic imine (C=N–C) groups is 1. The van der Waals surface area contributed by atoms with E-state index in [0.29, 0.717) is 27.7 Å². The Morgan fingerprint density at radius 3 is 2.66 bits per heavy atom. The lowest BCUT2D eigenvalue weighted by Crippen LogP contribution is -1.91. The highest BCUT2D eigenvalue weighted by Gasteiger charge is 2.15. The van der Waals surface area contributed by atoms with Crippen molar-refractivity contribution in [2.24, 2.45) is 4.99 Å². The Bertz CT molecular complexity index is 1540. The van der Waals surface area contributed by atoms with E-state index in [1.807, 2.05) is 36.4 Å². The van der Waals surface area contributed by atoms with Gasteiger partial charge in [0.25, 0.3) is 0 Å². The average Bonchev–Trinajstić information content (AvgIpc) is 3.21. The molecule has 0 spiro atoms. The van der Waals surface area contributed by atoms with Crippen molar-refractivity contribution in [2.75, 3.05) is 0 Å². The van der Waals surface area contributed by atoms with Crippen LogP contribution in [0.2, 0.25) is 5.02 Å². The zero-order valence-corrected chi connectivity index (χ0v) is 17.2. The highest BCUT2D eigenvalue weighted by Crippen LogP contribution is 2.34. The van der Waals surface area contributed by atoms with Gasteiger partial charge in [-0.25, -0.2) is 4.98 Å². The van der Waals surface area contributed by atoms with Crippen LogP contribution in [0.3, 0.4) is 0 Å².